The third kappa shape index (κ3) is 5.90. The first-order valence-corrected chi connectivity index (χ1v) is 7.22. The number of benzene rings is 1. The van der Waals surface area contributed by atoms with E-state index in [-0.39, 0.29) is 12.3 Å². The zero-order chi connectivity index (χ0) is 14.8. The van der Waals surface area contributed by atoms with E-state index in [1.54, 1.807) is 14.2 Å². The summed E-state index contributed by atoms with van der Waals surface area (Å²) >= 11 is 0. The van der Waals surface area contributed by atoms with Crippen molar-refractivity contribution < 1.29 is 14.2 Å². The van der Waals surface area contributed by atoms with Gasteiger partial charge in [-0.25, -0.2) is 0 Å². The fourth-order valence-corrected chi connectivity index (χ4v) is 1.92. The molecule has 0 amide bonds. The highest BCUT2D eigenvalue weighted by molar-refractivity contribution is 5.27. The molecule has 1 atom stereocenters. The summed E-state index contributed by atoms with van der Waals surface area (Å²) in [5.41, 5.74) is 1.21. The summed E-state index contributed by atoms with van der Waals surface area (Å²) in [6.07, 6.45) is 2.02. The van der Waals surface area contributed by atoms with Gasteiger partial charge in [0.2, 0.25) is 0 Å². The summed E-state index contributed by atoms with van der Waals surface area (Å²) in [6, 6.07) is 8.32. The molecule has 0 aromatic heterocycles. The van der Waals surface area contributed by atoms with Crippen LogP contribution >= 0.6 is 0 Å². The van der Waals surface area contributed by atoms with Crippen molar-refractivity contribution in [2.45, 2.75) is 45.6 Å². The molecule has 0 aliphatic heterocycles. The molecule has 0 aliphatic carbocycles. The van der Waals surface area contributed by atoms with Crippen molar-refractivity contribution in [1.82, 2.24) is 5.32 Å². The molecule has 0 aliphatic rings. The van der Waals surface area contributed by atoms with Crippen LogP contribution in [0, 0.1) is 0 Å². The first-order chi connectivity index (χ1) is 9.71. The number of ether oxygens (including phenoxy) is 3. The smallest absolute Gasteiger partial charge is 0.171 e. The van der Waals surface area contributed by atoms with Gasteiger partial charge in [-0.15, -0.1) is 0 Å². The summed E-state index contributed by atoms with van der Waals surface area (Å²) in [5.74, 6) is 0.932. The maximum Gasteiger partial charge on any atom is 0.171 e. The zero-order valence-electron chi connectivity index (χ0n) is 13.0. The van der Waals surface area contributed by atoms with E-state index in [1.165, 1.54) is 5.56 Å². The second-order valence-corrected chi connectivity index (χ2v) is 4.86. The molecule has 1 N–H and O–H groups in total. The molecule has 0 fully saturated rings. The highest BCUT2D eigenvalue weighted by Gasteiger charge is 2.14. The van der Waals surface area contributed by atoms with E-state index in [2.05, 4.69) is 24.4 Å². The Hall–Kier alpha value is -1.10. The van der Waals surface area contributed by atoms with Gasteiger partial charge in [0.25, 0.3) is 0 Å². The summed E-state index contributed by atoms with van der Waals surface area (Å²) in [5, 5.41) is 3.38. The Kier molecular flexibility index (Phi) is 8.26. The minimum atomic E-state index is -0.230. The van der Waals surface area contributed by atoms with Crippen LogP contribution in [0.5, 0.6) is 5.75 Å². The Morgan fingerprint density at radius 1 is 1.10 bits per heavy atom. The van der Waals surface area contributed by atoms with Gasteiger partial charge in [0.05, 0.1) is 12.6 Å². The van der Waals surface area contributed by atoms with Gasteiger partial charge < -0.3 is 19.5 Å². The highest BCUT2D eigenvalue weighted by Crippen LogP contribution is 2.13. The topological polar surface area (TPSA) is 39.7 Å². The van der Waals surface area contributed by atoms with Gasteiger partial charge >= 0.3 is 0 Å². The van der Waals surface area contributed by atoms with E-state index in [9.17, 15) is 0 Å². The third-order valence-electron chi connectivity index (χ3n) is 3.19. The average molecular weight is 281 g/mol. The van der Waals surface area contributed by atoms with Gasteiger partial charge in [0.15, 0.2) is 6.29 Å². The van der Waals surface area contributed by atoms with Crippen LogP contribution in [0.25, 0.3) is 0 Å². The molecule has 0 spiro atoms. The molecule has 4 nitrogen and oxygen atoms in total. The normalized spacial score (nSPS) is 12.7. The minimum Gasteiger partial charge on any atom is -0.494 e. The van der Waals surface area contributed by atoms with Gasteiger partial charge in [-0.2, -0.15) is 0 Å². The van der Waals surface area contributed by atoms with Gasteiger partial charge in [-0.3, -0.25) is 0 Å². The molecule has 1 aromatic rings. The molecule has 1 aromatic carbocycles. The van der Waals surface area contributed by atoms with Crippen LogP contribution in [-0.4, -0.2) is 33.2 Å². The first kappa shape index (κ1) is 17.0. The minimum absolute atomic E-state index is 0.130. The molecule has 0 radical (unpaired) electrons. The quantitative estimate of drug-likeness (QED) is 0.529. The molecular formula is C16H27NO3. The Bertz CT molecular complexity index is 349. The fraction of sp³-hybridized carbons (Fsp3) is 0.625. The Labute approximate surface area is 122 Å². The third-order valence-corrected chi connectivity index (χ3v) is 3.19. The van der Waals surface area contributed by atoms with Crippen LogP contribution in [0.1, 0.15) is 32.3 Å². The van der Waals surface area contributed by atoms with Crippen molar-refractivity contribution in [3.63, 3.8) is 0 Å². The number of hydrogen-bond acceptors (Lipinski definition) is 4. The number of rotatable bonds is 10. The molecule has 4 heteroatoms. The fourth-order valence-electron chi connectivity index (χ4n) is 1.92. The van der Waals surface area contributed by atoms with Gasteiger partial charge in [-0.1, -0.05) is 25.5 Å². The summed E-state index contributed by atoms with van der Waals surface area (Å²) in [6.45, 7) is 5.76. The molecule has 0 saturated heterocycles. The van der Waals surface area contributed by atoms with E-state index < -0.39 is 0 Å². The zero-order valence-corrected chi connectivity index (χ0v) is 13.0. The van der Waals surface area contributed by atoms with Crippen LogP contribution in [-0.2, 0) is 16.0 Å². The van der Waals surface area contributed by atoms with Crippen molar-refractivity contribution >= 4 is 0 Å². The van der Waals surface area contributed by atoms with Gasteiger partial charge in [0.1, 0.15) is 5.75 Å². The second-order valence-electron chi connectivity index (χ2n) is 4.86. The molecule has 20 heavy (non-hydrogen) atoms. The lowest BCUT2D eigenvalue weighted by atomic mass is 10.2. The molecule has 0 heterocycles. The molecule has 0 saturated carbocycles. The van der Waals surface area contributed by atoms with E-state index in [0.717, 1.165) is 31.7 Å². The molecule has 1 unspecified atom stereocenters. The molecule has 0 bridgehead atoms. The Balaban J connectivity index is 2.37. The predicted molar refractivity (Wildman–Crippen MR) is 81.0 cm³/mol. The lowest BCUT2D eigenvalue weighted by molar-refractivity contribution is -0.119. The number of methoxy groups -OCH3 is 2. The van der Waals surface area contributed by atoms with E-state index in [4.69, 9.17) is 14.2 Å². The van der Waals surface area contributed by atoms with Crippen LogP contribution in [0.2, 0.25) is 0 Å². The first-order valence-electron chi connectivity index (χ1n) is 7.22. The Morgan fingerprint density at radius 3 is 2.30 bits per heavy atom. The standard InChI is InChI=1S/C16H27NO3/c1-5-6-11-20-15-9-7-14(8-10-15)12-17-13(2)16(18-3)19-4/h7-10,13,16-17H,5-6,11-12H2,1-4H3. The molecule has 114 valence electrons. The molecule has 1 rings (SSSR count). The van der Waals surface area contributed by atoms with Gasteiger partial charge in [-0.05, 0) is 31.0 Å². The van der Waals surface area contributed by atoms with E-state index >= 15 is 0 Å². The van der Waals surface area contributed by atoms with Crippen molar-refractivity contribution in [3.05, 3.63) is 29.8 Å². The second kappa shape index (κ2) is 9.75. The number of nitrogens with one attached hydrogen (secondary N) is 1. The monoisotopic (exact) mass is 281 g/mol. The molecular weight excluding hydrogens is 254 g/mol. The van der Waals surface area contributed by atoms with E-state index in [0.29, 0.717) is 0 Å². The van der Waals surface area contributed by atoms with Crippen molar-refractivity contribution in [3.8, 4) is 5.75 Å². The maximum absolute atomic E-state index is 5.64. The maximum atomic E-state index is 5.64. The van der Waals surface area contributed by atoms with Crippen LogP contribution in [0.3, 0.4) is 0 Å². The predicted octanol–water partition coefficient (Wildman–Crippen LogP) is 2.96. The lowest BCUT2D eigenvalue weighted by Gasteiger charge is -2.22. The number of unbranched alkanes of at least 4 members (excludes halogenated alkanes) is 1. The summed E-state index contributed by atoms with van der Waals surface area (Å²) < 4.78 is 16.1. The van der Waals surface area contributed by atoms with Crippen LogP contribution in [0.4, 0.5) is 0 Å². The van der Waals surface area contributed by atoms with Crippen molar-refractivity contribution in [2.75, 3.05) is 20.8 Å². The highest BCUT2D eigenvalue weighted by atomic mass is 16.7. The summed E-state index contributed by atoms with van der Waals surface area (Å²) in [4.78, 5) is 0. The lowest BCUT2D eigenvalue weighted by Crippen LogP contribution is -2.39. The van der Waals surface area contributed by atoms with Crippen LogP contribution in [0.15, 0.2) is 24.3 Å². The van der Waals surface area contributed by atoms with Crippen LogP contribution < -0.4 is 10.1 Å². The van der Waals surface area contributed by atoms with Gasteiger partial charge in [0, 0.05) is 20.8 Å². The van der Waals surface area contributed by atoms with E-state index in [1.807, 2.05) is 19.1 Å². The largest absolute Gasteiger partial charge is 0.494 e. The van der Waals surface area contributed by atoms with Crippen molar-refractivity contribution in [2.24, 2.45) is 0 Å². The number of hydrogen-bond donors (Lipinski definition) is 1. The Morgan fingerprint density at radius 2 is 1.75 bits per heavy atom. The average Bonchev–Trinajstić information content (AvgIpc) is 2.48. The summed E-state index contributed by atoms with van der Waals surface area (Å²) in [7, 11) is 3.30. The SMILES string of the molecule is CCCCOc1ccc(CNC(C)C(OC)OC)cc1. The van der Waals surface area contributed by atoms with Crippen molar-refractivity contribution in [1.29, 1.82) is 0 Å².